The molecule has 1 aromatic carbocycles. The van der Waals surface area contributed by atoms with E-state index in [1.807, 2.05) is 34.8 Å². The van der Waals surface area contributed by atoms with E-state index in [4.69, 9.17) is 5.11 Å². The fourth-order valence-electron chi connectivity index (χ4n) is 0.725. The van der Waals surface area contributed by atoms with E-state index < -0.39 is 0 Å². The molecular weight excluding hydrogens is 182 g/mol. The summed E-state index contributed by atoms with van der Waals surface area (Å²) in [7, 11) is 2.01. The Bertz CT molecular complexity index is 318. The van der Waals surface area contributed by atoms with Crippen molar-refractivity contribution in [3.63, 3.8) is 0 Å². The van der Waals surface area contributed by atoms with Crippen LogP contribution < -0.4 is 4.57 Å². The Kier molecular flexibility index (Phi) is 3.99. The predicted molar refractivity (Wildman–Crippen MR) is 53.6 cm³/mol. The number of hydrogen-bond donors (Lipinski definition) is 1. The molecule has 68 valence electrons. The normalized spacial score (nSPS) is 8.69. The van der Waals surface area contributed by atoms with E-state index in [0.717, 1.165) is 0 Å². The summed E-state index contributed by atoms with van der Waals surface area (Å²) in [6.07, 6.45) is 2.02. The summed E-state index contributed by atoms with van der Waals surface area (Å²) >= 11 is 1.70. The van der Waals surface area contributed by atoms with E-state index in [9.17, 15) is 0 Å². The largest absolute Gasteiger partial charge is 0.508 e. The molecular formula is C10H12NOS+. The zero-order chi connectivity index (χ0) is 9.52. The first-order valence-electron chi connectivity index (χ1n) is 3.90. The lowest BCUT2D eigenvalue weighted by atomic mass is 10.3. The van der Waals surface area contributed by atoms with Gasteiger partial charge in [-0.05, 0) is 12.1 Å². The van der Waals surface area contributed by atoms with Crippen molar-refractivity contribution in [3.8, 4) is 5.75 Å². The summed E-state index contributed by atoms with van der Waals surface area (Å²) in [5.74, 6) is 0.322. The predicted octanol–water partition coefficient (Wildman–Crippen LogP) is 1.96. The molecule has 0 saturated heterocycles. The summed E-state index contributed by atoms with van der Waals surface area (Å²) in [6.45, 7) is 0. The number of nitrogens with zero attached hydrogens (tertiary/aromatic N) is 1. The topological polar surface area (TPSA) is 24.1 Å². The van der Waals surface area contributed by atoms with Crippen LogP contribution >= 0.6 is 11.3 Å². The van der Waals surface area contributed by atoms with Crippen LogP contribution in [0.4, 0.5) is 0 Å². The van der Waals surface area contributed by atoms with Crippen LogP contribution in [0.2, 0.25) is 0 Å². The number of phenols is 1. The number of aromatic hydroxyl groups is 1. The second-order valence-electron chi connectivity index (χ2n) is 2.53. The van der Waals surface area contributed by atoms with Crippen molar-refractivity contribution in [1.29, 1.82) is 0 Å². The van der Waals surface area contributed by atoms with Gasteiger partial charge in [0, 0.05) is 0 Å². The molecule has 1 heterocycles. The van der Waals surface area contributed by atoms with Crippen LogP contribution in [0.25, 0.3) is 0 Å². The zero-order valence-electron chi connectivity index (χ0n) is 7.42. The maximum Gasteiger partial charge on any atom is 0.224 e. The maximum absolute atomic E-state index is 8.63. The zero-order valence-corrected chi connectivity index (χ0v) is 8.24. The minimum absolute atomic E-state index is 0.322. The van der Waals surface area contributed by atoms with E-state index in [2.05, 4.69) is 0 Å². The number of benzene rings is 1. The minimum Gasteiger partial charge on any atom is -0.508 e. The lowest BCUT2D eigenvalue weighted by Crippen LogP contribution is -2.21. The Morgan fingerprint density at radius 1 is 1.23 bits per heavy atom. The molecule has 3 heteroatoms. The number of rotatable bonds is 0. The minimum atomic E-state index is 0.322. The molecule has 0 aliphatic rings. The number of para-hydroxylation sites is 1. The molecule has 13 heavy (non-hydrogen) atoms. The number of phenolic OH excluding ortho intramolecular Hbond substituents is 1. The van der Waals surface area contributed by atoms with Crippen molar-refractivity contribution in [3.05, 3.63) is 47.4 Å². The van der Waals surface area contributed by atoms with Gasteiger partial charge in [0.05, 0.1) is 5.38 Å². The van der Waals surface area contributed by atoms with E-state index in [-0.39, 0.29) is 0 Å². The van der Waals surface area contributed by atoms with E-state index in [0.29, 0.717) is 5.75 Å². The Morgan fingerprint density at radius 3 is 2.15 bits per heavy atom. The Morgan fingerprint density at radius 2 is 1.92 bits per heavy atom. The standard InChI is InChI=1S/C6H6O.C4H6NS/c7-6-4-2-1-3-5-6;1-5-2-3-6-4-5/h1-5,7H;2-4H,1H3/q;+1. The molecule has 1 aromatic heterocycles. The van der Waals surface area contributed by atoms with Crippen molar-refractivity contribution < 1.29 is 9.67 Å². The van der Waals surface area contributed by atoms with E-state index >= 15 is 0 Å². The van der Waals surface area contributed by atoms with Crippen LogP contribution in [-0.2, 0) is 7.05 Å². The summed E-state index contributed by atoms with van der Waals surface area (Å²) in [6, 6.07) is 8.71. The smallest absolute Gasteiger partial charge is 0.224 e. The molecule has 0 aliphatic carbocycles. The van der Waals surface area contributed by atoms with Crippen LogP contribution in [0.1, 0.15) is 0 Å². The number of aryl methyl sites for hydroxylation is 1. The van der Waals surface area contributed by atoms with Crippen molar-refractivity contribution in [1.82, 2.24) is 0 Å². The van der Waals surface area contributed by atoms with Gasteiger partial charge in [0.2, 0.25) is 5.51 Å². The maximum atomic E-state index is 8.63. The molecule has 0 fully saturated rings. The Hall–Kier alpha value is -1.35. The number of thiazole rings is 1. The van der Waals surface area contributed by atoms with Crippen LogP contribution in [0.3, 0.4) is 0 Å². The van der Waals surface area contributed by atoms with Gasteiger partial charge in [-0.3, -0.25) is 0 Å². The third kappa shape index (κ3) is 4.28. The van der Waals surface area contributed by atoms with Gasteiger partial charge in [-0.2, -0.15) is 4.57 Å². The highest BCUT2D eigenvalue weighted by atomic mass is 32.1. The molecule has 0 aliphatic heterocycles. The summed E-state index contributed by atoms with van der Waals surface area (Å²) < 4.78 is 2.02. The molecule has 0 spiro atoms. The third-order valence-electron chi connectivity index (χ3n) is 1.36. The van der Waals surface area contributed by atoms with Gasteiger partial charge in [-0.15, -0.1) is 0 Å². The first kappa shape index (κ1) is 9.74. The molecule has 2 aromatic rings. The van der Waals surface area contributed by atoms with Crippen LogP contribution in [-0.4, -0.2) is 5.11 Å². The molecule has 2 rings (SSSR count). The first-order chi connectivity index (χ1) is 6.29. The van der Waals surface area contributed by atoms with Crippen LogP contribution in [0.15, 0.2) is 47.4 Å². The molecule has 0 atom stereocenters. The average molecular weight is 194 g/mol. The second-order valence-corrected chi connectivity index (χ2v) is 3.28. The molecule has 0 amide bonds. The summed E-state index contributed by atoms with van der Waals surface area (Å²) in [4.78, 5) is 0. The van der Waals surface area contributed by atoms with Crippen molar-refractivity contribution in [2.45, 2.75) is 0 Å². The van der Waals surface area contributed by atoms with Gasteiger partial charge in [0.1, 0.15) is 12.8 Å². The molecule has 0 bridgehead atoms. The molecule has 0 unspecified atom stereocenters. The van der Waals surface area contributed by atoms with Gasteiger partial charge < -0.3 is 5.11 Å². The quantitative estimate of drug-likeness (QED) is 0.637. The van der Waals surface area contributed by atoms with Gasteiger partial charge >= 0.3 is 0 Å². The average Bonchev–Trinajstić information content (AvgIpc) is 2.58. The fourth-order valence-corrected chi connectivity index (χ4v) is 1.32. The first-order valence-corrected chi connectivity index (χ1v) is 4.85. The monoisotopic (exact) mass is 194 g/mol. The van der Waals surface area contributed by atoms with Gasteiger partial charge in [-0.1, -0.05) is 29.5 Å². The second kappa shape index (κ2) is 5.32. The van der Waals surface area contributed by atoms with Gasteiger partial charge in [0.15, 0.2) is 6.20 Å². The Balaban J connectivity index is 0.000000132. The number of aromatic nitrogens is 1. The third-order valence-corrected chi connectivity index (χ3v) is 2.09. The van der Waals surface area contributed by atoms with Crippen LogP contribution in [0.5, 0.6) is 5.75 Å². The van der Waals surface area contributed by atoms with E-state index in [1.165, 1.54) is 0 Å². The van der Waals surface area contributed by atoms with Crippen molar-refractivity contribution in [2.75, 3.05) is 0 Å². The van der Waals surface area contributed by atoms with Gasteiger partial charge in [0.25, 0.3) is 0 Å². The molecule has 2 nitrogen and oxygen atoms in total. The fraction of sp³-hybridized carbons (Fsp3) is 0.100. The highest BCUT2D eigenvalue weighted by Gasteiger charge is 1.81. The molecule has 0 radical (unpaired) electrons. The lowest BCUT2D eigenvalue weighted by molar-refractivity contribution is -0.666. The highest BCUT2D eigenvalue weighted by Crippen LogP contribution is 2.02. The highest BCUT2D eigenvalue weighted by molar-refractivity contribution is 7.07. The summed E-state index contributed by atoms with van der Waals surface area (Å²) in [5.41, 5.74) is 2.04. The van der Waals surface area contributed by atoms with Crippen LogP contribution in [0, 0.1) is 0 Å². The number of hydrogen-bond acceptors (Lipinski definition) is 2. The lowest BCUT2D eigenvalue weighted by Gasteiger charge is -1.82. The van der Waals surface area contributed by atoms with E-state index in [1.54, 1.807) is 35.6 Å². The Labute approximate surface area is 81.7 Å². The van der Waals surface area contributed by atoms with Crippen molar-refractivity contribution in [2.24, 2.45) is 7.05 Å². The summed E-state index contributed by atoms with van der Waals surface area (Å²) in [5, 5.41) is 10.7. The van der Waals surface area contributed by atoms with Crippen molar-refractivity contribution >= 4 is 11.3 Å². The molecule has 1 N–H and O–H groups in total. The SMILES string of the molecule is C[n+]1ccsc1.Oc1ccccc1. The van der Waals surface area contributed by atoms with Gasteiger partial charge in [-0.25, -0.2) is 0 Å². The molecule has 0 saturated carbocycles.